The summed E-state index contributed by atoms with van der Waals surface area (Å²) < 4.78 is 4.19. The van der Waals surface area contributed by atoms with E-state index in [2.05, 4.69) is 42.7 Å². The van der Waals surface area contributed by atoms with Gasteiger partial charge in [0.05, 0.1) is 11.5 Å². The van der Waals surface area contributed by atoms with Crippen LogP contribution < -0.4 is 4.90 Å². The van der Waals surface area contributed by atoms with Crippen LogP contribution in [0.1, 0.15) is 24.2 Å². The third-order valence-corrected chi connectivity index (χ3v) is 5.89. The monoisotopic (exact) mass is 376 g/mol. The van der Waals surface area contributed by atoms with Gasteiger partial charge in [-0.1, -0.05) is 30.3 Å². The van der Waals surface area contributed by atoms with Gasteiger partial charge in [-0.3, -0.25) is 0 Å². The van der Waals surface area contributed by atoms with Crippen molar-refractivity contribution in [2.24, 2.45) is 5.41 Å². The van der Waals surface area contributed by atoms with Crippen molar-refractivity contribution in [2.75, 3.05) is 18.0 Å². The molecule has 6 nitrogen and oxygen atoms in total. The molecule has 1 aliphatic heterocycles. The molecule has 1 aromatic carbocycles. The molecule has 136 valence electrons. The van der Waals surface area contributed by atoms with Gasteiger partial charge in [-0.25, -0.2) is 4.98 Å². The summed E-state index contributed by atoms with van der Waals surface area (Å²) in [7, 11) is 0. The highest BCUT2D eigenvalue weighted by molar-refractivity contribution is 7.09. The average Bonchev–Trinajstić information content (AvgIpc) is 3.16. The van der Waals surface area contributed by atoms with Gasteiger partial charge in [-0.15, -0.1) is 10.2 Å². The molecule has 0 spiro atoms. The minimum atomic E-state index is -0.296. The second-order valence-corrected chi connectivity index (χ2v) is 7.72. The van der Waals surface area contributed by atoms with Crippen LogP contribution in [0.4, 0.5) is 5.82 Å². The van der Waals surface area contributed by atoms with Crippen molar-refractivity contribution in [1.82, 2.24) is 19.6 Å². The number of benzene rings is 1. The number of hydrogen-bond acceptors (Lipinski definition) is 7. The van der Waals surface area contributed by atoms with Crippen LogP contribution in [-0.4, -0.2) is 32.6 Å². The molecule has 3 aromatic rings. The number of aryl methyl sites for hydroxylation is 1. The van der Waals surface area contributed by atoms with Crippen molar-refractivity contribution in [3.05, 3.63) is 53.9 Å². The molecular formula is C20H20N6S. The molecule has 0 N–H and O–H groups in total. The lowest BCUT2D eigenvalue weighted by molar-refractivity contribution is 0.301. The summed E-state index contributed by atoms with van der Waals surface area (Å²) in [6.45, 7) is 3.49. The fourth-order valence-electron chi connectivity index (χ4n) is 3.49. The van der Waals surface area contributed by atoms with Crippen molar-refractivity contribution in [3.8, 4) is 16.8 Å². The minimum Gasteiger partial charge on any atom is -0.355 e. The first kappa shape index (κ1) is 17.6. The lowest BCUT2D eigenvalue weighted by atomic mass is 9.75. The van der Waals surface area contributed by atoms with Crippen LogP contribution in [0, 0.1) is 23.7 Å². The number of rotatable bonds is 4. The molecule has 1 saturated heterocycles. The Balaban J connectivity index is 1.43. The number of piperidine rings is 1. The predicted molar refractivity (Wildman–Crippen MR) is 105 cm³/mol. The predicted octanol–water partition coefficient (Wildman–Crippen LogP) is 3.66. The molecule has 27 heavy (non-hydrogen) atoms. The highest BCUT2D eigenvalue weighted by Gasteiger charge is 2.35. The first-order chi connectivity index (χ1) is 13.2. The lowest BCUT2D eigenvalue weighted by Crippen LogP contribution is -2.41. The molecule has 0 amide bonds. The largest absolute Gasteiger partial charge is 0.355 e. The van der Waals surface area contributed by atoms with Crippen molar-refractivity contribution >= 4 is 17.4 Å². The molecule has 1 fully saturated rings. The molecular weight excluding hydrogens is 356 g/mol. The van der Waals surface area contributed by atoms with Gasteiger partial charge >= 0.3 is 0 Å². The Labute approximate surface area is 162 Å². The van der Waals surface area contributed by atoms with Crippen LogP contribution in [0.25, 0.3) is 10.7 Å². The van der Waals surface area contributed by atoms with Crippen LogP contribution in [0.3, 0.4) is 0 Å². The maximum atomic E-state index is 9.82. The second-order valence-electron chi connectivity index (χ2n) is 6.97. The van der Waals surface area contributed by atoms with Crippen LogP contribution in [0.2, 0.25) is 0 Å². The first-order valence-corrected chi connectivity index (χ1v) is 9.79. The summed E-state index contributed by atoms with van der Waals surface area (Å²) in [5.41, 5.74) is 1.68. The van der Waals surface area contributed by atoms with E-state index in [-0.39, 0.29) is 5.41 Å². The van der Waals surface area contributed by atoms with E-state index < -0.39 is 0 Å². The van der Waals surface area contributed by atoms with Crippen LogP contribution >= 0.6 is 11.5 Å². The normalized spacial score (nSPS) is 16.1. The first-order valence-electron chi connectivity index (χ1n) is 9.02. The van der Waals surface area contributed by atoms with E-state index in [1.54, 1.807) is 0 Å². The van der Waals surface area contributed by atoms with Crippen LogP contribution in [0.15, 0.2) is 42.5 Å². The Morgan fingerprint density at radius 1 is 1.11 bits per heavy atom. The van der Waals surface area contributed by atoms with Gasteiger partial charge in [0.1, 0.15) is 11.5 Å². The van der Waals surface area contributed by atoms with Gasteiger partial charge in [0.25, 0.3) is 0 Å². The number of nitriles is 1. The maximum Gasteiger partial charge on any atom is 0.164 e. The van der Waals surface area contributed by atoms with E-state index in [0.717, 1.165) is 54.7 Å². The van der Waals surface area contributed by atoms with Crippen molar-refractivity contribution in [1.29, 1.82) is 5.26 Å². The maximum absolute atomic E-state index is 9.82. The second kappa shape index (κ2) is 7.41. The molecule has 3 heterocycles. The Kier molecular flexibility index (Phi) is 4.82. The summed E-state index contributed by atoms with van der Waals surface area (Å²) in [6.07, 6.45) is 2.47. The molecule has 7 heteroatoms. The molecule has 2 aromatic heterocycles. The summed E-state index contributed by atoms with van der Waals surface area (Å²) in [5.74, 6) is 1.61. The Morgan fingerprint density at radius 2 is 1.89 bits per heavy atom. The summed E-state index contributed by atoms with van der Waals surface area (Å²) >= 11 is 1.33. The third-order valence-electron chi connectivity index (χ3n) is 5.06. The van der Waals surface area contributed by atoms with Crippen molar-refractivity contribution in [3.63, 3.8) is 0 Å². The highest BCUT2D eigenvalue weighted by atomic mass is 32.1. The summed E-state index contributed by atoms with van der Waals surface area (Å²) in [5, 5.41) is 19.3. The van der Waals surface area contributed by atoms with Gasteiger partial charge < -0.3 is 4.90 Å². The smallest absolute Gasteiger partial charge is 0.164 e. The van der Waals surface area contributed by atoms with Gasteiger partial charge in [-0.05, 0) is 55.4 Å². The number of anilines is 1. The number of nitrogens with zero attached hydrogens (tertiary/aromatic N) is 6. The van der Waals surface area contributed by atoms with Crippen molar-refractivity contribution in [2.45, 2.75) is 26.2 Å². The molecule has 0 unspecified atom stereocenters. The SMILES string of the molecule is Cc1nsc(-c2ccc(N3CCC(C#N)(Cc4ccccc4)CC3)nn2)n1. The van der Waals surface area contributed by atoms with E-state index in [4.69, 9.17) is 0 Å². The zero-order valence-electron chi connectivity index (χ0n) is 15.2. The molecule has 4 rings (SSSR count). The average molecular weight is 376 g/mol. The van der Waals surface area contributed by atoms with Gasteiger partial charge in [0, 0.05) is 13.1 Å². The standard InChI is InChI=1S/C20H20N6S/c1-15-22-19(27-25-15)17-7-8-18(24-23-17)26-11-9-20(14-21,10-12-26)13-16-5-3-2-4-6-16/h2-8H,9-13H2,1H3. The quantitative estimate of drug-likeness (QED) is 0.691. The topological polar surface area (TPSA) is 78.6 Å². The van der Waals surface area contributed by atoms with Gasteiger partial charge in [0.2, 0.25) is 0 Å². The van der Waals surface area contributed by atoms with Gasteiger partial charge in [0.15, 0.2) is 10.8 Å². The zero-order valence-corrected chi connectivity index (χ0v) is 16.0. The van der Waals surface area contributed by atoms with E-state index in [0.29, 0.717) is 0 Å². The molecule has 0 aliphatic carbocycles. The van der Waals surface area contributed by atoms with Gasteiger partial charge in [-0.2, -0.15) is 9.64 Å². The molecule has 1 aliphatic rings. The van der Waals surface area contributed by atoms with Crippen LogP contribution in [-0.2, 0) is 6.42 Å². The summed E-state index contributed by atoms with van der Waals surface area (Å²) in [4.78, 5) is 6.56. The van der Waals surface area contributed by atoms with Crippen LogP contribution in [0.5, 0.6) is 0 Å². The van der Waals surface area contributed by atoms with Crippen molar-refractivity contribution < 1.29 is 0 Å². The molecule has 0 bridgehead atoms. The minimum absolute atomic E-state index is 0.296. The van der Waals surface area contributed by atoms with E-state index >= 15 is 0 Å². The number of aromatic nitrogens is 4. The molecule has 0 atom stereocenters. The number of hydrogen-bond donors (Lipinski definition) is 0. The lowest BCUT2D eigenvalue weighted by Gasteiger charge is -2.37. The van der Waals surface area contributed by atoms with E-state index in [9.17, 15) is 5.26 Å². The Morgan fingerprint density at radius 3 is 2.48 bits per heavy atom. The highest BCUT2D eigenvalue weighted by Crippen LogP contribution is 2.35. The summed E-state index contributed by atoms with van der Waals surface area (Å²) in [6, 6.07) is 16.8. The fourth-order valence-corrected chi connectivity index (χ4v) is 4.12. The Hall–Kier alpha value is -2.85. The van der Waals surface area contributed by atoms with E-state index in [1.165, 1.54) is 17.1 Å². The zero-order chi connectivity index (χ0) is 18.7. The molecule has 0 saturated carbocycles. The van der Waals surface area contributed by atoms with E-state index in [1.807, 2.05) is 37.3 Å². The molecule has 0 radical (unpaired) electrons. The Bertz CT molecular complexity index is 937. The third kappa shape index (κ3) is 3.81. The fraction of sp³-hybridized carbons (Fsp3) is 0.350.